The molecule has 0 fully saturated rings. The topological polar surface area (TPSA) is 73.2 Å². The molecular weight excluding hydrogens is 409 g/mol. The zero-order valence-corrected chi connectivity index (χ0v) is 18.4. The van der Waals surface area contributed by atoms with E-state index in [1.807, 2.05) is 38.2 Å². The number of hydrogen-bond donors (Lipinski definition) is 1. The first-order valence-corrected chi connectivity index (χ1v) is 10.7. The number of nitrogens with zero attached hydrogens (tertiary/aromatic N) is 2. The third-order valence-corrected chi connectivity index (χ3v) is 5.57. The first-order valence-electron chi connectivity index (χ1n) is 10.7. The molecule has 0 spiro atoms. The zero-order valence-electron chi connectivity index (χ0n) is 18.4. The number of aromatic nitrogens is 2. The number of Topliss-reactive ketones (excluding diaryl/α,β-unsaturated/α-hetero) is 1. The summed E-state index contributed by atoms with van der Waals surface area (Å²) in [6.45, 7) is 6.19. The third kappa shape index (κ3) is 4.72. The number of carbonyl (C=O) groups excluding carboxylic acids is 2. The number of amides is 1. The number of rotatable bonds is 7. The van der Waals surface area contributed by atoms with Gasteiger partial charge in [0.25, 0.3) is 0 Å². The Kier molecular flexibility index (Phi) is 6.08. The Balaban J connectivity index is 1.45. The van der Waals surface area contributed by atoms with E-state index in [4.69, 9.17) is 4.74 Å². The van der Waals surface area contributed by atoms with Crippen LogP contribution in [0.4, 0.5) is 4.39 Å². The van der Waals surface area contributed by atoms with E-state index >= 15 is 0 Å². The van der Waals surface area contributed by atoms with Crippen molar-refractivity contribution < 1.29 is 18.7 Å². The van der Waals surface area contributed by atoms with E-state index < -0.39 is 5.82 Å². The highest BCUT2D eigenvalue weighted by atomic mass is 19.1. The molecule has 0 bridgehead atoms. The van der Waals surface area contributed by atoms with E-state index in [1.165, 1.54) is 19.1 Å². The molecule has 1 amide bonds. The summed E-state index contributed by atoms with van der Waals surface area (Å²) < 4.78 is 22.5. The van der Waals surface area contributed by atoms with Gasteiger partial charge in [-0.2, -0.15) is 5.10 Å². The van der Waals surface area contributed by atoms with Crippen LogP contribution in [0.3, 0.4) is 0 Å². The summed E-state index contributed by atoms with van der Waals surface area (Å²) in [5.74, 6) is 0.00937. The standard InChI is InChI=1S/C25H26FN3O3/c1-15-10-19-12-20(14-27-24(31)7-9-29-8-6-16(2)28-29)32-25(19)22(11-15)21-13-18(17(3)30)4-5-23(21)26/h4-6,8,10-11,13,20H,7,9,12,14H2,1-3H3,(H,27,31)/t20-/m1/s1. The summed E-state index contributed by atoms with van der Waals surface area (Å²) in [6.07, 6.45) is 2.56. The van der Waals surface area contributed by atoms with Crippen LogP contribution >= 0.6 is 0 Å². The Hall–Kier alpha value is -3.48. The number of aryl methyl sites for hydroxylation is 3. The number of ketones is 1. The lowest BCUT2D eigenvalue weighted by Crippen LogP contribution is -2.34. The van der Waals surface area contributed by atoms with Gasteiger partial charge in [0, 0.05) is 42.3 Å². The molecule has 2 heterocycles. The van der Waals surface area contributed by atoms with Gasteiger partial charge in [-0.3, -0.25) is 14.3 Å². The summed E-state index contributed by atoms with van der Waals surface area (Å²) in [4.78, 5) is 24.0. The van der Waals surface area contributed by atoms with E-state index in [9.17, 15) is 14.0 Å². The molecule has 1 aliphatic rings. The van der Waals surface area contributed by atoms with Crippen molar-refractivity contribution in [3.63, 3.8) is 0 Å². The van der Waals surface area contributed by atoms with Crippen LogP contribution in [0.5, 0.6) is 5.75 Å². The van der Waals surface area contributed by atoms with Gasteiger partial charge in [-0.15, -0.1) is 0 Å². The van der Waals surface area contributed by atoms with Gasteiger partial charge in [-0.05, 0) is 62.2 Å². The van der Waals surface area contributed by atoms with Crippen molar-refractivity contribution in [2.75, 3.05) is 6.54 Å². The summed E-state index contributed by atoms with van der Waals surface area (Å²) in [5, 5.41) is 7.20. The fourth-order valence-electron chi connectivity index (χ4n) is 3.98. The summed E-state index contributed by atoms with van der Waals surface area (Å²) in [7, 11) is 0. The van der Waals surface area contributed by atoms with Gasteiger partial charge in [0.1, 0.15) is 17.7 Å². The minimum atomic E-state index is -0.406. The van der Waals surface area contributed by atoms with Gasteiger partial charge >= 0.3 is 0 Å². The van der Waals surface area contributed by atoms with Crippen LogP contribution in [0, 0.1) is 19.7 Å². The second kappa shape index (κ2) is 8.94. The highest BCUT2D eigenvalue weighted by Gasteiger charge is 2.28. The molecule has 7 heteroatoms. The molecule has 0 saturated heterocycles. The second-order valence-electron chi connectivity index (χ2n) is 8.27. The van der Waals surface area contributed by atoms with Crippen LogP contribution in [0.1, 0.15) is 40.5 Å². The highest BCUT2D eigenvalue weighted by Crippen LogP contribution is 2.41. The normalized spacial score (nSPS) is 14.7. The number of fused-ring (bicyclic) bond motifs is 1. The molecule has 1 aromatic heterocycles. The van der Waals surface area contributed by atoms with Gasteiger partial charge < -0.3 is 10.1 Å². The Morgan fingerprint density at radius 1 is 1.19 bits per heavy atom. The minimum absolute atomic E-state index is 0.0747. The largest absolute Gasteiger partial charge is 0.487 e. The van der Waals surface area contributed by atoms with Gasteiger partial charge in [-0.1, -0.05) is 6.07 Å². The summed E-state index contributed by atoms with van der Waals surface area (Å²) in [5.41, 5.74) is 4.29. The molecule has 1 aliphatic heterocycles. The smallest absolute Gasteiger partial charge is 0.221 e. The van der Waals surface area contributed by atoms with Crippen molar-refractivity contribution in [3.05, 3.63) is 70.8 Å². The quantitative estimate of drug-likeness (QED) is 0.569. The van der Waals surface area contributed by atoms with Crippen LogP contribution in [-0.2, 0) is 17.8 Å². The number of nitrogens with one attached hydrogen (secondary N) is 1. The molecule has 0 aliphatic carbocycles. The number of halogens is 1. The van der Waals surface area contributed by atoms with Crippen molar-refractivity contribution in [2.45, 2.75) is 46.3 Å². The predicted octanol–water partition coefficient (Wildman–Crippen LogP) is 4.02. The van der Waals surface area contributed by atoms with Crippen molar-refractivity contribution in [3.8, 4) is 16.9 Å². The predicted molar refractivity (Wildman–Crippen MR) is 119 cm³/mol. The van der Waals surface area contributed by atoms with Crippen molar-refractivity contribution in [1.82, 2.24) is 15.1 Å². The van der Waals surface area contributed by atoms with Crippen molar-refractivity contribution in [1.29, 1.82) is 0 Å². The second-order valence-corrected chi connectivity index (χ2v) is 8.27. The molecule has 1 N–H and O–H groups in total. The van der Waals surface area contributed by atoms with E-state index in [0.717, 1.165) is 16.8 Å². The number of carbonyl (C=O) groups is 2. The fourth-order valence-corrected chi connectivity index (χ4v) is 3.98. The Morgan fingerprint density at radius 2 is 2.00 bits per heavy atom. The molecule has 32 heavy (non-hydrogen) atoms. The molecule has 0 saturated carbocycles. The average Bonchev–Trinajstić information content (AvgIpc) is 3.35. The SMILES string of the molecule is CC(=O)c1ccc(F)c(-c2cc(C)cc3c2O[C@@H](CNC(=O)CCn2ccc(C)n2)C3)c1. The lowest BCUT2D eigenvalue weighted by molar-refractivity contribution is -0.121. The van der Waals surface area contributed by atoms with Gasteiger partial charge in [-0.25, -0.2) is 4.39 Å². The Morgan fingerprint density at radius 3 is 2.72 bits per heavy atom. The average molecular weight is 435 g/mol. The molecule has 4 rings (SSSR count). The molecule has 166 valence electrons. The fraction of sp³-hybridized carbons (Fsp3) is 0.320. The maximum absolute atomic E-state index is 14.7. The zero-order chi connectivity index (χ0) is 22.8. The lowest BCUT2D eigenvalue weighted by Gasteiger charge is -2.15. The van der Waals surface area contributed by atoms with Crippen LogP contribution in [0.25, 0.3) is 11.1 Å². The maximum Gasteiger partial charge on any atom is 0.221 e. The Bertz CT molecular complexity index is 1190. The van der Waals surface area contributed by atoms with Gasteiger partial charge in [0.05, 0.1) is 12.2 Å². The molecule has 3 aromatic rings. The van der Waals surface area contributed by atoms with Crippen LogP contribution in [0.2, 0.25) is 0 Å². The number of ether oxygens (including phenoxy) is 1. The van der Waals surface area contributed by atoms with E-state index in [2.05, 4.69) is 10.4 Å². The first kappa shape index (κ1) is 21.7. The number of benzene rings is 2. The minimum Gasteiger partial charge on any atom is -0.487 e. The van der Waals surface area contributed by atoms with E-state index in [-0.39, 0.29) is 17.8 Å². The molecular formula is C25H26FN3O3. The lowest BCUT2D eigenvalue weighted by atomic mass is 9.95. The van der Waals surface area contributed by atoms with Gasteiger partial charge in [0.15, 0.2) is 5.78 Å². The van der Waals surface area contributed by atoms with Crippen LogP contribution < -0.4 is 10.1 Å². The molecule has 2 aromatic carbocycles. The molecule has 1 atom stereocenters. The first-order chi connectivity index (χ1) is 15.3. The van der Waals surface area contributed by atoms with Crippen molar-refractivity contribution in [2.24, 2.45) is 0 Å². The van der Waals surface area contributed by atoms with E-state index in [1.54, 1.807) is 10.7 Å². The Labute approximate surface area is 186 Å². The summed E-state index contributed by atoms with van der Waals surface area (Å²) >= 11 is 0. The van der Waals surface area contributed by atoms with E-state index in [0.29, 0.717) is 48.4 Å². The number of hydrogen-bond acceptors (Lipinski definition) is 4. The van der Waals surface area contributed by atoms with Crippen LogP contribution in [-0.4, -0.2) is 34.1 Å². The molecule has 6 nitrogen and oxygen atoms in total. The highest BCUT2D eigenvalue weighted by molar-refractivity contribution is 5.95. The molecule has 0 unspecified atom stereocenters. The third-order valence-electron chi connectivity index (χ3n) is 5.57. The molecule has 0 radical (unpaired) electrons. The van der Waals surface area contributed by atoms with Crippen molar-refractivity contribution >= 4 is 11.7 Å². The van der Waals surface area contributed by atoms with Crippen LogP contribution in [0.15, 0.2) is 42.6 Å². The van der Waals surface area contributed by atoms with Gasteiger partial charge in [0.2, 0.25) is 5.91 Å². The maximum atomic E-state index is 14.7. The summed E-state index contributed by atoms with van der Waals surface area (Å²) in [6, 6.07) is 10.2. The monoisotopic (exact) mass is 435 g/mol.